The predicted molar refractivity (Wildman–Crippen MR) is 79.6 cm³/mol. The van der Waals surface area contributed by atoms with Crippen molar-refractivity contribution in [2.24, 2.45) is 0 Å². The molecule has 1 saturated heterocycles. The van der Waals surface area contributed by atoms with Crippen molar-refractivity contribution in [1.29, 1.82) is 0 Å². The fraction of sp³-hybridized carbons (Fsp3) is 0.562. The number of amides is 1. The van der Waals surface area contributed by atoms with Crippen LogP contribution < -0.4 is 14.8 Å². The number of ether oxygens (including phenoxy) is 2. The van der Waals surface area contributed by atoms with Crippen molar-refractivity contribution >= 4 is 5.91 Å². The molecule has 5 heteroatoms. The fourth-order valence-corrected chi connectivity index (χ4v) is 2.90. The second kappa shape index (κ2) is 6.35. The van der Waals surface area contributed by atoms with Crippen LogP contribution >= 0.6 is 0 Å². The van der Waals surface area contributed by atoms with Gasteiger partial charge in [-0.3, -0.25) is 4.79 Å². The summed E-state index contributed by atoms with van der Waals surface area (Å²) >= 11 is 0. The van der Waals surface area contributed by atoms with Gasteiger partial charge in [0.2, 0.25) is 6.10 Å². The van der Waals surface area contributed by atoms with Crippen LogP contribution in [0.2, 0.25) is 0 Å². The summed E-state index contributed by atoms with van der Waals surface area (Å²) in [5, 5.41) is 3.43. The van der Waals surface area contributed by atoms with Crippen LogP contribution in [0.15, 0.2) is 24.3 Å². The first-order valence-corrected chi connectivity index (χ1v) is 7.68. The maximum absolute atomic E-state index is 12.6. The summed E-state index contributed by atoms with van der Waals surface area (Å²) in [7, 11) is 0. The molecule has 21 heavy (non-hydrogen) atoms. The Labute approximate surface area is 125 Å². The number of carbonyl (C=O) groups is 1. The molecule has 0 bridgehead atoms. The molecule has 5 nitrogen and oxygen atoms in total. The van der Waals surface area contributed by atoms with Crippen molar-refractivity contribution < 1.29 is 14.3 Å². The Kier molecular flexibility index (Phi) is 4.29. The molecule has 2 heterocycles. The molecule has 2 atom stereocenters. The standard InChI is InChI=1S/C16H22N2O3/c1-2-18(10-12-6-5-9-17-12)16(19)15-11-20-13-7-3-4-8-14(13)21-15/h3-4,7-8,12,15,17H,2,5-6,9-11H2,1H3. The fourth-order valence-electron chi connectivity index (χ4n) is 2.90. The third-order valence-electron chi connectivity index (χ3n) is 4.08. The number of rotatable bonds is 4. The third-order valence-corrected chi connectivity index (χ3v) is 4.08. The number of carbonyl (C=O) groups excluding carboxylic acids is 1. The number of hydrogen-bond donors (Lipinski definition) is 1. The number of benzene rings is 1. The minimum atomic E-state index is -0.541. The molecule has 0 aliphatic carbocycles. The molecule has 1 N–H and O–H groups in total. The van der Waals surface area contributed by atoms with Crippen LogP contribution in [0.3, 0.4) is 0 Å². The average molecular weight is 290 g/mol. The minimum Gasteiger partial charge on any atom is -0.485 e. The quantitative estimate of drug-likeness (QED) is 0.911. The van der Waals surface area contributed by atoms with Crippen LogP contribution in [0.25, 0.3) is 0 Å². The van der Waals surface area contributed by atoms with E-state index in [1.807, 2.05) is 36.1 Å². The summed E-state index contributed by atoms with van der Waals surface area (Å²) < 4.78 is 11.4. The summed E-state index contributed by atoms with van der Waals surface area (Å²) in [5.41, 5.74) is 0. The number of likely N-dealkylation sites (N-methyl/N-ethyl adjacent to an activating group) is 1. The second-order valence-corrected chi connectivity index (χ2v) is 5.53. The lowest BCUT2D eigenvalue weighted by Gasteiger charge is -2.31. The maximum Gasteiger partial charge on any atom is 0.267 e. The number of hydrogen-bond acceptors (Lipinski definition) is 4. The van der Waals surface area contributed by atoms with E-state index in [0.29, 0.717) is 24.1 Å². The largest absolute Gasteiger partial charge is 0.485 e. The van der Waals surface area contributed by atoms with Crippen molar-refractivity contribution in [3.63, 3.8) is 0 Å². The molecule has 2 unspecified atom stereocenters. The molecular formula is C16H22N2O3. The van der Waals surface area contributed by atoms with Crippen molar-refractivity contribution in [1.82, 2.24) is 10.2 Å². The Hall–Kier alpha value is -1.75. The van der Waals surface area contributed by atoms with E-state index in [-0.39, 0.29) is 12.5 Å². The van der Waals surface area contributed by atoms with Gasteiger partial charge in [-0.15, -0.1) is 0 Å². The van der Waals surface area contributed by atoms with E-state index in [4.69, 9.17) is 9.47 Å². The van der Waals surface area contributed by atoms with Gasteiger partial charge in [0.25, 0.3) is 5.91 Å². The molecule has 1 aromatic rings. The first-order chi connectivity index (χ1) is 10.3. The Balaban J connectivity index is 1.64. The van der Waals surface area contributed by atoms with Gasteiger partial charge in [-0.2, -0.15) is 0 Å². The molecule has 2 aliphatic rings. The van der Waals surface area contributed by atoms with E-state index < -0.39 is 6.10 Å². The van der Waals surface area contributed by atoms with Gasteiger partial charge in [0, 0.05) is 19.1 Å². The van der Waals surface area contributed by atoms with Gasteiger partial charge in [-0.1, -0.05) is 12.1 Å². The van der Waals surface area contributed by atoms with Gasteiger partial charge in [-0.25, -0.2) is 0 Å². The average Bonchev–Trinajstić information content (AvgIpc) is 3.04. The van der Waals surface area contributed by atoms with E-state index in [2.05, 4.69) is 5.32 Å². The lowest BCUT2D eigenvalue weighted by atomic mass is 10.2. The zero-order chi connectivity index (χ0) is 14.7. The zero-order valence-electron chi connectivity index (χ0n) is 12.4. The van der Waals surface area contributed by atoms with Crippen LogP contribution in [-0.4, -0.2) is 49.2 Å². The van der Waals surface area contributed by atoms with Gasteiger partial charge < -0.3 is 19.7 Å². The van der Waals surface area contributed by atoms with E-state index in [9.17, 15) is 4.79 Å². The predicted octanol–water partition coefficient (Wildman–Crippen LogP) is 1.43. The minimum absolute atomic E-state index is 0.0145. The van der Waals surface area contributed by atoms with Gasteiger partial charge in [0.1, 0.15) is 6.61 Å². The van der Waals surface area contributed by atoms with E-state index in [0.717, 1.165) is 19.5 Å². The molecule has 0 saturated carbocycles. The molecule has 1 fully saturated rings. The highest BCUT2D eigenvalue weighted by atomic mass is 16.6. The number of nitrogens with zero attached hydrogens (tertiary/aromatic N) is 1. The Morgan fingerprint density at radius 2 is 2.19 bits per heavy atom. The molecule has 114 valence electrons. The molecule has 0 aromatic heterocycles. The Morgan fingerprint density at radius 1 is 1.38 bits per heavy atom. The van der Waals surface area contributed by atoms with Crippen LogP contribution in [0.4, 0.5) is 0 Å². The first-order valence-electron chi connectivity index (χ1n) is 7.68. The van der Waals surface area contributed by atoms with Crippen LogP contribution in [-0.2, 0) is 4.79 Å². The highest BCUT2D eigenvalue weighted by Gasteiger charge is 2.31. The van der Waals surface area contributed by atoms with Gasteiger partial charge >= 0.3 is 0 Å². The second-order valence-electron chi connectivity index (χ2n) is 5.53. The number of para-hydroxylation sites is 2. The molecule has 2 aliphatic heterocycles. The zero-order valence-corrected chi connectivity index (χ0v) is 12.4. The van der Waals surface area contributed by atoms with Gasteiger partial charge in [-0.05, 0) is 38.4 Å². The summed E-state index contributed by atoms with van der Waals surface area (Å²) in [6.07, 6.45) is 1.78. The van der Waals surface area contributed by atoms with Gasteiger partial charge in [0.05, 0.1) is 0 Å². The topological polar surface area (TPSA) is 50.8 Å². The summed E-state index contributed by atoms with van der Waals surface area (Å²) in [6.45, 7) is 4.77. The molecule has 1 amide bonds. The monoisotopic (exact) mass is 290 g/mol. The summed E-state index contributed by atoms with van der Waals surface area (Å²) in [5.74, 6) is 1.37. The number of nitrogens with one attached hydrogen (secondary N) is 1. The lowest BCUT2D eigenvalue weighted by molar-refractivity contribution is -0.141. The Bertz CT molecular complexity index is 500. The lowest BCUT2D eigenvalue weighted by Crippen LogP contribution is -2.49. The van der Waals surface area contributed by atoms with E-state index in [1.54, 1.807) is 0 Å². The summed E-state index contributed by atoms with van der Waals surface area (Å²) in [6, 6.07) is 7.88. The smallest absolute Gasteiger partial charge is 0.267 e. The third kappa shape index (κ3) is 3.13. The van der Waals surface area contributed by atoms with Crippen molar-refractivity contribution in [2.45, 2.75) is 31.9 Å². The maximum atomic E-state index is 12.6. The molecule has 1 aromatic carbocycles. The highest BCUT2D eigenvalue weighted by molar-refractivity contribution is 5.82. The first kappa shape index (κ1) is 14.2. The summed E-state index contributed by atoms with van der Waals surface area (Å²) in [4.78, 5) is 14.5. The normalized spacial score (nSPS) is 23.9. The van der Waals surface area contributed by atoms with Crippen LogP contribution in [0, 0.1) is 0 Å². The van der Waals surface area contributed by atoms with Gasteiger partial charge in [0.15, 0.2) is 11.5 Å². The Morgan fingerprint density at radius 3 is 2.90 bits per heavy atom. The number of fused-ring (bicyclic) bond motifs is 1. The van der Waals surface area contributed by atoms with E-state index >= 15 is 0 Å². The van der Waals surface area contributed by atoms with Crippen LogP contribution in [0.5, 0.6) is 11.5 Å². The van der Waals surface area contributed by atoms with E-state index in [1.165, 1.54) is 6.42 Å². The van der Waals surface area contributed by atoms with Crippen molar-refractivity contribution in [3.8, 4) is 11.5 Å². The van der Waals surface area contributed by atoms with Crippen molar-refractivity contribution in [2.75, 3.05) is 26.2 Å². The SMILES string of the molecule is CCN(CC1CCCN1)C(=O)C1COc2ccccc2O1. The van der Waals surface area contributed by atoms with Crippen molar-refractivity contribution in [3.05, 3.63) is 24.3 Å². The molecule has 3 rings (SSSR count). The molecule has 0 spiro atoms. The molecule has 0 radical (unpaired) electrons. The molecular weight excluding hydrogens is 268 g/mol. The van der Waals surface area contributed by atoms with Crippen LogP contribution in [0.1, 0.15) is 19.8 Å². The highest BCUT2D eigenvalue weighted by Crippen LogP contribution is 2.31.